The second-order valence-corrected chi connectivity index (χ2v) is 6.42. The van der Waals surface area contributed by atoms with Crippen molar-refractivity contribution < 1.29 is 9.59 Å². The van der Waals surface area contributed by atoms with Gasteiger partial charge in [-0.25, -0.2) is 0 Å². The van der Waals surface area contributed by atoms with Crippen LogP contribution in [0, 0.1) is 18.3 Å². The van der Waals surface area contributed by atoms with E-state index in [0.29, 0.717) is 6.42 Å². The van der Waals surface area contributed by atoms with Gasteiger partial charge in [-0.1, -0.05) is 36.8 Å². The summed E-state index contributed by atoms with van der Waals surface area (Å²) in [7, 11) is 0. The first-order valence-electron chi connectivity index (χ1n) is 7.73. The number of rotatable bonds is 2. The van der Waals surface area contributed by atoms with Gasteiger partial charge < -0.3 is 0 Å². The number of hydrogen-bond donors (Lipinski definition) is 0. The summed E-state index contributed by atoms with van der Waals surface area (Å²) >= 11 is 0. The third-order valence-corrected chi connectivity index (χ3v) is 5.37. The Morgan fingerprint density at radius 1 is 1.20 bits per heavy atom. The highest BCUT2D eigenvalue weighted by Gasteiger charge is 2.60. The summed E-state index contributed by atoms with van der Waals surface area (Å²) in [6.45, 7) is 4.13. The number of hydrogen-bond acceptors (Lipinski definition) is 2. The van der Waals surface area contributed by atoms with Crippen molar-refractivity contribution in [1.82, 2.24) is 0 Å². The minimum atomic E-state index is -0.685. The first-order valence-corrected chi connectivity index (χ1v) is 7.73. The van der Waals surface area contributed by atoms with E-state index in [0.717, 1.165) is 25.7 Å². The molecule has 0 N–H and O–H groups in total. The van der Waals surface area contributed by atoms with Gasteiger partial charge in [0.25, 0.3) is 0 Å². The standard InChI is InChI=1S/C18H22O2/c1-3-13-11-15(14-8-6-12(2)7-9-14)18(17(13)20)10-4-5-16(18)19/h6-9,13,15H,3-5,10-11H2,1-2H3/t13-,15-,18-/m1/s1. The second kappa shape index (κ2) is 4.83. The van der Waals surface area contributed by atoms with Crippen LogP contribution in [-0.2, 0) is 9.59 Å². The molecule has 3 rings (SSSR count). The first-order chi connectivity index (χ1) is 9.59. The first kappa shape index (κ1) is 13.5. The lowest BCUT2D eigenvalue weighted by molar-refractivity contribution is -0.138. The number of ketones is 2. The predicted molar refractivity (Wildman–Crippen MR) is 78.6 cm³/mol. The van der Waals surface area contributed by atoms with E-state index in [1.165, 1.54) is 11.1 Å². The molecular weight excluding hydrogens is 248 g/mol. The molecule has 0 saturated heterocycles. The summed E-state index contributed by atoms with van der Waals surface area (Å²) in [4.78, 5) is 25.3. The summed E-state index contributed by atoms with van der Waals surface area (Å²) in [6.07, 6.45) is 3.94. The molecule has 1 spiro atoms. The van der Waals surface area contributed by atoms with Gasteiger partial charge in [-0.15, -0.1) is 0 Å². The largest absolute Gasteiger partial charge is 0.299 e. The zero-order valence-electron chi connectivity index (χ0n) is 12.3. The highest BCUT2D eigenvalue weighted by atomic mass is 16.2. The third kappa shape index (κ3) is 1.77. The van der Waals surface area contributed by atoms with Gasteiger partial charge in [0.15, 0.2) is 0 Å². The Morgan fingerprint density at radius 3 is 2.45 bits per heavy atom. The molecule has 0 radical (unpaired) electrons. The molecule has 106 valence electrons. The summed E-state index contributed by atoms with van der Waals surface area (Å²) in [6, 6.07) is 8.40. The zero-order valence-corrected chi connectivity index (χ0v) is 12.3. The summed E-state index contributed by atoms with van der Waals surface area (Å²) < 4.78 is 0. The quantitative estimate of drug-likeness (QED) is 0.766. The molecular formula is C18H22O2. The van der Waals surface area contributed by atoms with Crippen LogP contribution in [0.1, 0.15) is 56.1 Å². The van der Waals surface area contributed by atoms with Crippen LogP contribution < -0.4 is 0 Å². The fourth-order valence-electron chi connectivity index (χ4n) is 4.22. The van der Waals surface area contributed by atoms with E-state index in [1.54, 1.807) is 0 Å². The molecule has 0 heterocycles. The van der Waals surface area contributed by atoms with E-state index in [9.17, 15) is 9.59 Å². The van der Waals surface area contributed by atoms with Crippen LogP contribution in [0.2, 0.25) is 0 Å². The molecule has 2 fully saturated rings. The second-order valence-electron chi connectivity index (χ2n) is 6.42. The minimum Gasteiger partial charge on any atom is -0.299 e. The maximum absolute atomic E-state index is 12.8. The fraction of sp³-hybridized carbons (Fsp3) is 0.556. The molecule has 2 nitrogen and oxygen atoms in total. The van der Waals surface area contributed by atoms with Crippen molar-refractivity contribution in [3.8, 4) is 0 Å². The van der Waals surface area contributed by atoms with Gasteiger partial charge >= 0.3 is 0 Å². The SMILES string of the molecule is CC[C@@H]1C[C@H](c2ccc(C)cc2)[C@@]2(CCCC2=O)C1=O. The van der Waals surface area contributed by atoms with E-state index in [4.69, 9.17) is 0 Å². The van der Waals surface area contributed by atoms with E-state index in [-0.39, 0.29) is 23.4 Å². The molecule has 1 aromatic carbocycles. The predicted octanol–water partition coefficient (Wildman–Crippen LogP) is 3.82. The lowest BCUT2D eigenvalue weighted by atomic mass is 9.71. The van der Waals surface area contributed by atoms with E-state index in [1.807, 2.05) is 0 Å². The molecule has 0 aromatic heterocycles. The van der Waals surface area contributed by atoms with Gasteiger partial charge in [0, 0.05) is 18.3 Å². The Hall–Kier alpha value is -1.44. The van der Waals surface area contributed by atoms with Gasteiger partial charge in [0.05, 0.1) is 5.41 Å². The average Bonchev–Trinajstić information content (AvgIpc) is 2.96. The molecule has 2 aliphatic rings. The van der Waals surface area contributed by atoms with Gasteiger partial charge in [0.1, 0.15) is 11.6 Å². The van der Waals surface area contributed by atoms with Crippen molar-refractivity contribution in [2.75, 3.05) is 0 Å². The van der Waals surface area contributed by atoms with E-state index in [2.05, 4.69) is 38.1 Å². The normalized spacial score (nSPS) is 33.3. The van der Waals surface area contributed by atoms with Crippen LogP contribution >= 0.6 is 0 Å². The Bertz CT molecular complexity index is 543. The number of carbonyl (C=O) groups excluding carboxylic acids is 2. The number of aryl methyl sites for hydroxylation is 1. The smallest absolute Gasteiger partial charge is 0.150 e. The molecule has 0 aliphatic heterocycles. The molecule has 0 unspecified atom stereocenters. The van der Waals surface area contributed by atoms with Crippen molar-refractivity contribution in [2.24, 2.45) is 11.3 Å². The lowest BCUT2D eigenvalue weighted by Gasteiger charge is -2.28. The van der Waals surface area contributed by atoms with Crippen molar-refractivity contribution in [3.63, 3.8) is 0 Å². The van der Waals surface area contributed by atoms with Crippen LogP contribution in [0.15, 0.2) is 24.3 Å². The Balaban J connectivity index is 2.06. The minimum absolute atomic E-state index is 0.0725. The van der Waals surface area contributed by atoms with Crippen LogP contribution in [0.5, 0.6) is 0 Å². The van der Waals surface area contributed by atoms with Crippen LogP contribution in [-0.4, -0.2) is 11.6 Å². The number of Topliss-reactive ketones (excluding diaryl/α,β-unsaturated/α-hetero) is 2. The highest BCUT2D eigenvalue weighted by Crippen LogP contribution is 2.56. The molecule has 1 aromatic rings. The molecule has 2 saturated carbocycles. The monoisotopic (exact) mass is 270 g/mol. The third-order valence-electron chi connectivity index (χ3n) is 5.37. The molecule has 2 heteroatoms. The van der Waals surface area contributed by atoms with Crippen molar-refractivity contribution in [1.29, 1.82) is 0 Å². The maximum Gasteiger partial charge on any atom is 0.150 e. The molecule has 3 atom stereocenters. The van der Waals surface area contributed by atoms with Crippen molar-refractivity contribution >= 4 is 11.6 Å². The zero-order chi connectivity index (χ0) is 14.3. The van der Waals surface area contributed by atoms with Gasteiger partial charge in [-0.2, -0.15) is 0 Å². The van der Waals surface area contributed by atoms with Crippen molar-refractivity contribution in [3.05, 3.63) is 35.4 Å². The molecule has 20 heavy (non-hydrogen) atoms. The summed E-state index contributed by atoms with van der Waals surface area (Å²) in [5, 5.41) is 0. The van der Waals surface area contributed by atoms with Crippen LogP contribution in [0.25, 0.3) is 0 Å². The maximum atomic E-state index is 12.8. The topological polar surface area (TPSA) is 34.1 Å². The van der Waals surface area contributed by atoms with Gasteiger partial charge in [0.2, 0.25) is 0 Å². The highest BCUT2D eigenvalue weighted by molar-refractivity contribution is 6.11. The summed E-state index contributed by atoms with van der Waals surface area (Å²) in [5.74, 6) is 0.607. The van der Waals surface area contributed by atoms with E-state index >= 15 is 0 Å². The molecule has 0 amide bonds. The summed E-state index contributed by atoms with van der Waals surface area (Å²) in [5.41, 5.74) is 1.71. The van der Waals surface area contributed by atoms with Gasteiger partial charge in [-0.3, -0.25) is 9.59 Å². The Morgan fingerprint density at radius 2 is 1.90 bits per heavy atom. The molecule has 2 aliphatic carbocycles. The van der Waals surface area contributed by atoms with Crippen molar-refractivity contribution in [2.45, 2.75) is 51.9 Å². The Labute approximate surface area is 120 Å². The number of carbonyl (C=O) groups is 2. The van der Waals surface area contributed by atoms with E-state index < -0.39 is 5.41 Å². The fourth-order valence-corrected chi connectivity index (χ4v) is 4.22. The number of benzene rings is 1. The lowest BCUT2D eigenvalue weighted by Crippen LogP contribution is -2.36. The van der Waals surface area contributed by atoms with Crippen LogP contribution in [0.3, 0.4) is 0 Å². The average molecular weight is 270 g/mol. The van der Waals surface area contributed by atoms with Crippen LogP contribution in [0.4, 0.5) is 0 Å². The molecule has 0 bridgehead atoms. The Kier molecular flexibility index (Phi) is 3.27. The van der Waals surface area contributed by atoms with Gasteiger partial charge in [-0.05, 0) is 38.2 Å².